The molecule has 2 aromatic rings. The molecule has 0 bridgehead atoms. The van der Waals surface area contributed by atoms with E-state index in [0.29, 0.717) is 5.56 Å². The van der Waals surface area contributed by atoms with Gasteiger partial charge in [0.25, 0.3) is 0 Å². The summed E-state index contributed by atoms with van der Waals surface area (Å²) >= 11 is 0. The molecule has 0 saturated heterocycles. The second-order valence-corrected chi connectivity index (χ2v) is 4.76. The minimum absolute atomic E-state index is 0.0794. The Hall–Kier alpha value is -1.81. The zero-order valence-electron chi connectivity index (χ0n) is 11.7. The van der Waals surface area contributed by atoms with E-state index in [1.165, 1.54) is 0 Å². The Kier molecular flexibility index (Phi) is 3.90. The third-order valence-electron chi connectivity index (χ3n) is 3.27. The third kappa shape index (κ3) is 2.79. The number of nitrogens with zero attached hydrogens (tertiary/aromatic N) is 2. The van der Waals surface area contributed by atoms with Gasteiger partial charge in [0.15, 0.2) is 0 Å². The molecule has 1 heterocycles. The van der Waals surface area contributed by atoms with Crippen LogP contribution in [0.2, 0.25) is 0 Å². The molecule has 1 aromatic heterocycles. The van der Waals surface area contributed by atoms with Crippen LogP contribution in [-0.4, -0.2) is 17.2 Å². The molecule has 0 fully saturated rings. The monoisotopic (exact) mass is 259 g/mol. The fourth-order valence-electron chi connectivity index (χ4n) is 2.15. The summed E-state index contributed by atoms with van der Waals surface area (Å²) < 4.78 is 13.7. The highest BCUT2D eigenvalue weighted by Gasteiger charge is 2.16. The van der Waals surface area contributed by atoms with E-state index < -0.39 is 0 Å². The van der Waals surface area contributed by atoms with Gasteiger partial charge in [0.05, 0.1) is 17.4 Å². The summed E-state index contributed by atoms with van der Waals surface area (Å²) in [6.45, 7) is 5.58. The van der Waals surface area contributed by atoms with E-state index in [0.717, 1.165) is 22.5 Å². The van der Waals surface area contributed by atoms with Crippen molar-refractivity contribution in [2.24, 2.45) is 0 Å². The molecule has 2 rings (SSSR count). The Morgan fingerprint density at radius 3 is 2.47 bits per heavy atom. The number of halogens is 1. The van der Waals surface area contributed by atoms with Gasteiger partial charge in [-0.15, -0.1) is 0 Å². The number of aryl methyl sites for hydroxylation is 3. The van der Waals surface area contributed by atoms with Crippen molar-refractivity contribution in [1.29, 1.82) is 0 Å². The quantitative estimate of drug-likeness (QED) is 0.921. The number of benzene rings is 1. The van der Waals surface area contributed by atoms with Crippen molar-refractivity contribution in [3.05, 3.63) is 58.2 Å². The van der Waals surface area contributed by atoms with E-state index in [1.54, 1.807) is 19.1 Å². The molecule has 0 aliphatic carbocycles. The minimum Gasteiger partial charge on any atom is -0.309 e. The average molecular weight is 259 g/mol. The molecule has 0 aliphatic heterocycles. The molecule has 0 radical (unpaired) electrons. The summed E-state index contributed by atoms with van der Waals surface area (Å²) in [4.78, 5) is 0. The van der Waals surface area contributed by atoms with Crippen LogP contribution in [0.3, 0.4) is 0 Å². The van der Waals surface area contributed by atoms with Gasteiger partial charge in [-0.1, -0.05) is 12.1 Å². The first kappa shape index (κ1) is 13.6. The Morgan fingerprint density at radius 2 is 1.84 bits per heavy atom. The topological polar surface area (TPSA) is 37.8 Å². The van der Waals surface area contributed by atoms with Gasteiger partial charge in [0, 0.05) is 0 Å². The normalized spacial score (nSPS) is 12.5. The summed E-state index contributed by atoms with van der Waals surface area (Å²) in [5, 5.41) is 11.4. The molecule has 1 atom stereocenters. The van der Waals surface area contributed by atoms with Crippen molar-refractivity contribution < 1.29 is 4.39 Å². The lowest BCUT2D eigenvalue weighted by molar-refractivity contribution is 0.606. The molecule has 0 spiro atoms. The van der Waals surface area contributed by atoms with Gasteiger partial charge < -0.3 is 5.32 Å². The van der Waals surface area contributed by atoms with Gasteiger partial charge in [-0.2, -0.15) is 10.2 Å². The molecule has 19 heavy (non-hydrogen) atoms. The van der Waals surface area contributed by atoms with Crippen molar-refractivity contribution in [3.8, 4) is 0 Å². The zero-order valence-corrected chi connectivity index (χ0v) is 11.7. The molecular formula is C15H18FN3. The van der Waals surface area contributed by atoms with E-state index in [-0.39, 0.29) is 11.9 Å². The van der Waals surface area contributed by atoms with Crippen LogP contribution in [0, 0.1) is 26.6 Å². The van der Waals surface area contributed by atoms with Gasteiger partial charge >= 0.3 is 0 Å². The maximum Gasteiger partial charge on any atom is 0.126 e. The Balaban J connectivity index is 2.49. The van der Waals surface area contributed by atoms with E-state index in [4.69, 9.17) is 0 Å². The zero-order chi connectivity index (χ0) is 14.0. The minimum atomic E-state index is -0.186. The lowest BCUT2D eigenvalue weighted by Crippen LogP contribution is -2.20. The predicted molar refractivity (Wildman–Crippen MR) is 73.5 cm³/mol. The predicted octanol–water partition coefficient (Wildman–Crippen LogP) is 2.85. The van der Waals surface area contributed by atoms with Crippen LogP contribution < -0.4 is 5.32 Å². The van der Waals surface area contributed by atoms with E-state index in [2.05, 4.69) is 15.5 Å². The Morgan fingerprint density at radius 1 is 1.11 bits per heavy atom. The molecule has 1 unspecified atom stereocenters. The number of nitrogens with one attached hydrogen (secondary N) is 1. The first-order valence-corrected chi connectivity index (χ1v) is 6.27. The van der Waals surface area contributed by atoms with E-state index >= 15 is 0 Å². The summed E-state index contributed by atoms with van der Waals surface area (Å²) in [6, 6.07) is 7.22. The van der Waals surface area contributed by atoms with Crippen LogP contribution in [-0.2, 0) is 0 Å². The van der Waals surface area contributed by atoms with E-state index in [9.17, 15) is 4.39 Å². The Labute approximate surface area is 112 Å². The molecular weight excluding hydrogens is 241 g/mol. The fourth-order valence-corrected chi connectivity index (χ4v) is 2.15. The highest BCUT2D eigenvalue weighted by Crippen LogP contribution is 2.25. The summed E-state index contributed by atoms with van der Waals surface area (Å²) in [5.74, 6) is -0.186. The van der Waals surface area contributed by atoms with E-state index in [1.807, 2.05) is 33.0 Å². The van der Waals surface area contributed by atoms with Crippen LogP contribution in [0.5, 0.6) is 0 Å². The highest BCUT2D eigenvalue weighted by molar-refractivity contribution is 5.35. The number of hydrogen-bond donors (Lipinski definition) is 1. The Bertz CT molecular complexity index is 596. The van der Waals surface area contributed by atoms with Crippen LogP contribution in [0.15, 0.2) is 24.3 Å². The molecule has 0 saturated carbocycles. The molecule has 0 amide bonds. The number of aromatic nitrogens is 2. The third-order valence-corrected chi connectivity index (χ3v) is 3.27. The smallest absolute Gasteiger partial charge is 0.126 e. The molecule has 3 nitrogen and oxygen atoms in total. The first-order valence-electron chi connectivity index (χ1n) is 6.27. The number of rotatable bonds is 3. The van der Waals surface area contributed by atoms with Gasteiger partial charge in [0.2, 0.25) is 0 Å². The summed E-state index contributed by atoms with van der Waals surface area (Å²) in [6.07, 6.45) is 0. The lowest BCUT2D eigenvalue weighted by atomic mass is 9.96. The average Bonchev–Trinajstić information content (AvgIpc) is 2.38. The van der Waals surface area contributed by atoms with Gasteiger partial charge in [-0.05, 0) is 56.6 Å². The van der Waals surface area contributed by atoms with Crippen LogP contribution in [0.4, 0.5) is 4.39 Å². The van der Waals surface area contributed by atoms with Crippen molar-refractivity contribution in [2.45, 2.75) is 26.8 Å². The molecule has 100 valence electrons. The van der Waals surface area contributed by atoms with Crippen LogP contribution in [0.25, 0.3) is 0 Å². The maximum absolute atomic E-state index is 13.7. The van der Waals surface area contributed by atoms with Gasteiger partial charge in [0.1, 0.15) is 5.82 Å². The lowest BCUT2D eigenvalue weighted by Gasteiger charge is -2.19. The van der Waals surface area contributed by atoms with Gasteiger partial charge in [-0.3, -0.25) is 0 Å². The van der Waals surface area contributed by atoms with Crippen LogP contribution >= 0.6 is 0 Å². The maximum atomic E-state index is 13.7. The van der Waals surface area contributed by atoms with Crippen molar-refractivity contribution >= 4 is 0 Å². The SMILES string of the molecule is CNC(c1ccc(C)c(F)c1)c1cc(C)nnc1C. The molecule has 4 heteroatoms. The second-order valence-electron chi connectivity index (χ2n) is 4.76. The fraction of sp³-hybridized carbons (Fsp3) is 0.333. The molecule has 1 N–H and O–H groups in total. The molecule has 1 aromatic carbocycles. The van der Waals surface area contributed by atoms with Crippen molar-refractivity contribution in [3.63, 3.8) is 0 Å². The largest absolute Gasteiger partial charge is 0.309 e. The van der Waals surface area contributed by atoms with Gasteiger partial charge in [-0.25, -0.2) is 4.39 Å². The second kappa shape index (κ2) is 5.45. The summed E-state index contributed by atoms with van der Waals surface area (Å²) in [7, 11) is 1.86. The number of hydrogen-bond acceptors (Lipinski definition) is 3. The first-order chi connectivity index (χ1) is 9.02. The molecule has 0 aliphatic rings. The van der Waals surface area contributed by atoms with Crippen molar-refractivity contribution in [1.82, 2.24) is 15.5 Å². The van der Waals surface area contributed by atoms with Crippen molar-refractivity contribution in [2.75, 3.05) is 7.05 Å². The summed E-state index contributed by atoms with van der Waals surface area (Å²) in [5.41, 5.74) is 4.28. The van der Waals surface area contributed by atoms with Crippen LogP contribution in [0.1, 0.15) is 34.1 Å². The highest BCUT2D eigenvalue weighted by atomic mass is 19.1. The standard InChI is InChI=1S/C15H18FN3/c1-9-5-6-12(8-14(9)16)15(17-4)13-7-10(2)18-19-11(13)3/h5-8,15,17H,1-4H3.